The Bertz CT molecular complexity index is 1070. The molecule has 0 saturated carbocycles. The molecule has 2 heterocycles. The minimum Gasteiger partial charge on any atom is -0.504 e. The Morgan fingerprint density at radius 3 is 2.61 bits per heavy atom. The van der Waals surface area contributed by atoms with E-state index in [4.69, 9.17) is 11.0 Å². The molecule has 164 valence electrons. The van der Waals surface area contributed by atoms with Crippen molar-refractivity contribution in [2.75, 3.05) is 13.6 Å². The molecule has 0 bridgehead atoms. The highest BCUT2D eigenvalue weighted by molar-refractivity contribution is 6.09. The fourth-order valence-electron chi connectivity index (χ4n) is 2.23. The third-order valence-corrected chi connectivity index (χ3v) is 3.55. The van der Waals surface area contributed by atoms with Gasteiger partial charge >= 0.3 is 0 Å². The summed E-state index contributed by atoms with van der Waals surface area (Å²) in [5.74, 6) is -1.29. The molecule has 11 nitrogen and oxygen atoms in total. The van der Waals surface area contributed by atoms with E-state index in [0.717, 1.165) is 0 Å². The van der Waals surface area contributed by atoms with E-state index in [0.29, 0.717) is 12.0 Å². The molecule has 0 amide bonds. The number of aromatic nitrogens is 4. The first-order valence-electron chi connectivity index (χ1n) is 8.94. The Morgan fingerprint density at radius 2 is 2.06 bits per heavy atom. The van der Waals surface area contributed by atoms with Gasteiger partial charge in [0.25, 0.3) is 0 Å². The van der Waals surface area contributed by atoms with Crippen LogP contribution in [0.15, 0.2) is 33.7 Å². The molecule has 0 spiro atoms. The van der Waals surface area contributed by atoms with Crippen molar-refractivity contribution in [1.82, 2.24) is 20.2 Å². The van der Waals surface area contributed by atoms with Crippen LogP contribution >= 0.6 is 0 Å². The lowest BCUT2D eigenvalue weighted by atomic mass is 10.2. The zero-order valence-electron chi connectivity index (χ0n) is 17.4. The molecule has 2 aromatic rings. The van der Waals surface area contributed by atoms with Crippen LogP contribution in [0.25, 0.3) is 11.4 Å². The molecule has 0 radical (unpaired) electrons. The van der Waals surface area contributed by atoms with Crippen molar-refractivity contribution in [3.8, 4) is 17.5 Å². The number of allylic oxidation sites excluding steroid dienone is 3. The fourth-order valence-corrected chi connectivity index (χ4v) is 2.23. The Balaban J connectivity index is 0.00000233. The van der Waals surface area contributed by atoms with Crippen LogP contribution in [0.5, 0.6) is 0 Å². The Hall–Kier alpha value is -4.11. The molecule has 0 aliphatic heterocycles. The molecule has 12 heteroatoms. The van der Waals surface area contributed by atoms with Crippen molar-refractivity contribution in [2.45, 2.75) is 20.3 Å². The maximum absolute atomic E-state index is 14.7. The summed E-state index contributed by atoms with van der Waals surface area (Å²) < 4.78 is 14.7. The Labute approximate surface area is 178 Å². The van der Waals surface area contributed by atoms with Gasteiger partial charge in [0.05, 0.1) is 36.5 Å². The molecule has 0 fully saturated rings. The average molecular weight is 429 g/mol. The van der Waals surface area contributed by atoms with Crippen molar-refractivity contribution >= 4 is 18.2 Å². The second-order valence-corrected chi connectivity index (χ2v) is 5.93. The number of hydrogen-bond donors (Lipinski definition) is 5. The number of aromatic amines is 2. The van der Waals surface area contributed by atoms with Crippen LogP contribution in [0.4, 0.5) is 4.39 Å². The molecular formula is C19H24FN9O2. The van der Waals surface area contributed by atoms with Gasteiger partial charge < -0.3 is 21.6 Å². The molecule has 0 atom stereocenters. The van der Waals surface area contributed by atoms with Gasteiger partial charge in [0.15, 0.2) is 29.5 Å². The monoisotopic (exact) mass is 429 g/mol. The van der Waals surface area contributed by atoms with Crippen LogP contribution in [0, 0.1) is 17.1 Å². The topological polar surface area (TPSA) is 195 Å². The van der Waals surface area contributed by atoms with Crippen LogP contribution in [0.2, 0.25) is 0 Å². The van der Waals surface area contributed by atoms with E-state index in [2.05, 4.69) is 42.5 Å². The van der Waals surface area contributed by atoms with Crippen molar-refractivity contribution in [3.63, 3.8) is 0 Å². The number of H-pyrrole nitrogens is 2. The van der Waals surface area contributed by atoms with Gasteiger partial charge in [0.1, 0.15) is 11.4 Å². The molecule has 0 aliphatic rings. The second-order valence-electron chi connectivity index (χ2n) is 5.93. The first kappa shape index (κ1) is 24.9. The maximum Gasteiger partial charge on any atom is 0.186 e. The number of nitrogens with one attached hydrogen (secondary N) is 2. The zero-order valence-corrected chi connectivity index (χ0v) is 17.4. The largest absolute Gasteiger partial charge is 0.504 e. The summed E-state index contributed by atoms with van der Waals surface area (Å²) in [5.41, 5.74) is 10.4. The van der Waals surface area contributed by atoms with Gasteiger partial charge in [-0.05, 0) is 20.9 Å². The SMILES string of the molecule is C=C(C)N=Cc1[nH]c(C=O)c(F)c1-c1n[nH]c(C(=NCCC#N)/C(O)=C(/C)N)n1.CN. The average Bonchev–Trinajstić information content (AvgIpc) is 3.34. The third-order valence-electron chi connectivity index (χ3n) is 3.55. The summed E-state index contributed by atoms with van der Waals surface area (Å²) in [6, 6.07) is 1.93. The Morgan fingerprint density at radius 1 is 1.39 bits per heavy atom. The molecular weight excluding hydrogens is 405 g/mol. The first-order chi connectivity index (χ1) is 14.8. The summed E-state index contributed by atoms with van der Waals surface area (Å²) in [7, 11) is 1.50. The minimum absolute atomic E-state index is 0.0104. The molecule has 0 aliphatic carbocycles. The number of aliphatic hydroxyl groups is 1. The van der Waals surface area contributed by atoms with Crippen molar-refractivity contribution in [3.05, 3.63) is 46.8 Å². The van der Waals surface area contributed by atoms with Crippen LogP contribution in [-0.2, 0) is 0 Å². The molecule has 0 saturated heterocycles. The van der Waals surface area contributed by atoms with E-state index < -0.39 is 5.82 Å². The lowest BCUT2D eigenvalue weighted by molar-refractivity contribution is 0.111. The van der Waals surface area contributed by atoms with Gasteiger partial charge in [-0.15, -0.1) is 0 Å². The second kappa shape index (κ2) is 11.8. The first-order valence-corrected chi connectivity index (χ1v) is 8.94. The summed E-state index contributed by atoms with van der Waals surface area (Å²) in [6.07, 6.45) is 1.73. The van der Waals surface area contributed by atoms with Crippen molar-refractivity contribution < 1.29 is 14.3 Å². The summed E-state index contributed by atoms with van der Waals surface area (Å²) in [5, 5.41) is 25.4. The molecule has 2 rings (SSSR count). The zero-order chi connectivity index (χ0) is 23.6. The number of rotatable bonds is 8. The predicted molar refractivity (Wildman–Crippen MR) is 115 cm³/mol. The minimum atomic E-state index is -0.855. The van der Waals surface area contributed by atoms with Gasteiger partial charge in [-0.2, -0.15) is 10.4 Å². The molecule has 0 aromatic carbocycles. The van der Waals surface area contributed by atoms with Crippen molar-refractivity contribution in [2.24, 2.45) is 21.5 Å². The van der Waals surface area contributed by atoms with E-state index in [-0.39, 0.29) is 58.7 Å². The Kier molecular flexibility index (Phi) is 9.48. The van der Waals surface area contributed by atoms with Crippen LogP contribution < -0.4 is 11.5 Å². The van der Waals surface area contributed by atoms with Gasteiger partial charge in [-0.3, -0.25) is 19.9 Å². The number of nitriles is 1. The summed E-state index contributed by atoms with van der Waals surface area (Å²) >= 11 is 0. The van der Waals surface area contributed by atoms with Crippen LogP contribution in [0.1, 0.15) is 42.3 Å². The van der Waals surface area contributed by atoms with E-state index in [1.165, 1.54) is 20.2 Å². The van der Waals surface area contributed by atoms with E-state index in [1.54, 1.807) is 6.92 Å². The number of aldehydes is 1. The summed E-state index contributed by atoms with van der Waals surface area (Å²) in [6.45, 7) is 6.82. The summed E-state index contributed by atoms with van der Waals surface area (Å²) in [4.78, 5) is 26.0. The third kappa shape index (κ3) is 6.18. The quantitative estimate of drug-likeness (QED) is 0.182. The molecule has 31 heavy (non-hydrogen) atoms. The molecule has 0 unspecified atom stereocenters. The van der Waals surface area contributed by atoms with Gasteiger partial charge in [-0.1, -0.05) is 6.58 Å². The number of halogens is 1. The van der Waals surface area contributed by atoms with Crippen LogP contribution in [-0.4, -0.2) is 57.1 Å². The number of carbonyl (C=O) groups is 1. The van der Waals surface area contributed by atoms with Crippen LogP contribution in [0.3, 0.4) is 0 Å². The fraction of sp³-hybridized carbons (Fsp3) is 0.263. The highest BCUT2D eigenvalue weighted by Gasteiger charge is 2.23. The number of aliphatic hydroxyl groups excluding tert-OH is 1. The van der Waals surface area contributed by atoms with E-state index >= 15 is 0 Å². The smallest absolute Gasteiger partial charge is 0.186 e. The molecule has 7 N–H and O–H groups in total. The molecule has 2 aromatic heterocycles. The normalized spacial score (nSPS) is 12.1. The highest BCUT2D eigenvalue weighted by atomic mass is 19.1. The van der Waals surface area contributed by atoms with Gasteiger partial charge in [-0.25, -0.2) is 9.37 Å². The number of hydrogen-bond acceptors (Lipinski definition) is 9. The van der Waals surface area contributed by atoms with E-state index in [1.807, 2.05) is 6.07 Å². The standard InChI is InChI=1S/C18H19FN8O2.CH5N/c1-9(2)23-7-11-13(14(19)12(8-28)24-11)17-25-18(27-26-17)15(16(29)10(3)21)22-6-4-5-20;1-2/h7-8,24,29H,1,4,6,21H2,2-3H3,(H,25,26,27);2H2,1H3/b16-10+,22-15?,23-7?;. The van der Waals surface area contributed by atoms with Gasteiger partial charge in [0.2, 0.25) is 0 Å². The van der Waals surface area contributed by atoms with E-state index in [9.17, 15) is 14.3 Å². The number of nitrogens with zero attached hydrogens (tertiary/aromatic N) is 5. The lowest BCUT2D eigenvalue weighted by Gasteiger charge is -2.04. The predicted octanol–water partition coefficient (Wildman–Crippen LogP) is 1.73. The number of aliphatic imine (C=N–C) groups is 2. The van der Waals surface area contributed by atoms with Crippen molar-refractivity contribution in [1.29, 1.82) is 5.26 Å². The lowest BCUT2D eigenvalue weighted by Crippen LogP contribution is -2.13. The number of nitrogens with two attached hydrogens (primary N) is 2. The number of carbonyl (C=O) groups excluding carboxylic acids is 1. The maximum atomic E-state index is 14.7. The highest BCUT2D eigenvalue weighted by Crippen LogP contribution is 2.25. The van der Waals surface area contributed by atoms with Gasteiger partial charge in [0, 0.05) is 11.4 Å².